The van der Waals surface area contributed by atoms with Crippen LogP contribution in [0.1, 0.15) is 34.3 Å². The van der Waals surface area contributed by atoms with Gasteiger partial charge in [0, 0.05) is 17.9 Å². The average molecular weight is 349 g/mol. The molecule has 0 aromatic heterocycles. The van der Waals surface area contributed by atoms with E-state index in [1.807, 2.05) is 0 Å². The second-order valence-corrected chi connectivity index (χ2v) is 7.98. The summed E-state index contributed by atoms with van der Waals surface area (Å²) in [7, 11) is -3.56. The van der Waals surface area contributed by atoms with Gasteiger partial charge in [0.1, 0.15) is 6.54 Å². The molecule has 0 N–H and O–H groups in total. The summed E-state index contributed by atoms with van der Waals surface area (Å²) in [6.45, 7) is 1.91. The summed E-state index contributed by atoms with van der Waals surface area (Å²) < 4.78 is 61.6. The van der Waals surface area contributed by atoms with E-state index in [9.17, 15) is 26.4 Å². The number of rotatable bonds is 4. The number of benzene rings is 1. The quantitative estimate of drug-likeness (QED) is 0.840. The van der Waals surface area contributed by atoms with Crippen molar-refractivity contribution in [3.05, 3.63) is 28.8 Å². The van der Waals surface area contributed by atoms with Crippen molar-refractivity contribution in [3.8, 4) is 0 Å². The standard InChI is InChI=1S/C15H18F3NO3S/c1-9-6-12(23(3,21)22)7-13(10(9)2)14(20)19(11-4-5-11)8-15(16,17)18/h6-7,11H,4-5,8H2,1-3H3. The Morgan fingerprint density at radius 1 is 1.26 bits per heavy atom. The molecule has 1 aliphatic rings. The van der Waals surface area contributed by atoms with Gasteiger partial charge in [-0.1, -0.05) is 0 Å². The minimum atomic E-state index is -4.49. The first-order valence-corrected chi connectivity index (χ1v) is 8.98. The Bertz CT molecular complexity index is 737. The van der Waals surface area contributed by atoms with Crippen molar-refractivity contribution in [1.29, 1.82) is 0 Å². The number of hydrogen-bond donors (Lipinski definition) is 0. The van der Waals surface area contributed by atoms with Gasteiger partial charge in [-0.05, 0) is 49.9 Å². The van der Waals surface area contributed by atoms with Crippen LogP contribution >= 0.6 is 0 Å². The molecule has 0 spiro atoms. The minimum Gasteiger partial charge on any atom is -0.327 e. The lowest BCUT2D eigenvalue weighted by atomic mass is 10.0. The molecule has 4 nitrogen and oxygen atoms in total. The van der Waals surface area contributed by atoms with Crippen LogP contribution in [-0.2, 0) is 9.84 Å². The number of carbonyl (C=O) groups is 1. The monoisotopic (exact) mass is 349 g/mol. The summed E-state index contributed by atoms with van der Waals surface area (Å²) in [4.78, 5) is 13.3. The van der Waals surface area contributed by atoms with Crippen molar-refractivity contribution in [2.45, 2.75) is 43.8 Å². The van der Waals surface area contributed by atoms with E-state index in [1.54, 1.807) is 13.8 Å². The van der Waals surface area contributed by atoms with Crippen LogP contribution < -0.4 is 0 Å². The molecular formula is C15H18F3NO3S. The van der Waals surface area contributed by atoms with Crippen molar-refractivity contribution in [1.82, 2.24) is 4.90 Å². The third-order valence-corrected chi connectivity index (χ3v) is 4.99. The van der Waals surface area contributed by atoms with E-state index in [1.165, 1.54) is 12.1 Å². The van der Waals surface area contributed by atoms with Crippen LogP contribution in [0.4, 0.5) is 13.2 Å². The maximum atomic E-state index is 12.7. The van der Waals surface area contributed by atoms with E-state index in [0.717, 1.165) is 11.2 Å². The van der Waals surface area contributed by atoms with E-state index in [2.05, 4.69) is 0 Å². The Kier molecular flexibility index (Phi) is 4.49. The molecule has 8 heteroatoms. The predicted molar refractivity (Wildman–Crippen MR) is 79.1 cm³/mol. The van der Waals surface area contributed by atoms with Gasteiger partial charge in [-0.25, -0.2) is 8.42 Å². The minimum absolute atomic E-state index is 0.0153. The van der Waals surface area contributed by atoms with Gasteiger partial charge in [0.15, 0.2) is 9.84 Å². The molecule has 0 saturated heterocycles. The Morgan fingerprint density at radius 3 is 2.26 bits per heavy atom. The highest BCUT2D eigenvalue weighted by Gasteiger charge is 2.41. The Hall–Kier alpha value is -1.57. The molecule has 1 saturated carbocycles. The predicted octanol–water partition coefficient (Wildman–Crippen LogP) is 2.87. The summed E-state index contributed by atoms with van der Waals surface area (Å²) in [5.41, 5.74) is 1.07. The molecule has 0 radical (unpaired) electrons. The number of sulfone groups is 1. The van der Waals surface area contributed by atoms with E-state index in [-0.39, 0.29) is 10.5 Å². The van der Waals surface area contributed by atoms with Crippen molar-refractivity contribution >= 4 is 15.7 Å². The topological polar surface area (TPSA) is 54.5 Å². The van der Waals surface area contributed by atoms with Crippen molar-refractivity contribution < 1.29 is 26.4 Å². The molecule has 1 aromatic rings. The summed E-state index contributed by atoms with van der Waals surface area (Å²) in [6.07, 6.45) is -2.42. The van der Waals surface area contributed by atoms with E-state index in [4.69, 9.17) is 0 Å². The highest BCUT2D eigenvalue weighted by molar-refractivity contribution is 7.90. The highest BCUT2D eigenvalue weighted by atomic mass is 32.2. The summed E-state index contributed by atoms with van der Waals surface area (Å²) in [5, 5.41) is 0. The Morgan fingerprint density at radius 2 is 1.83 bits per heavy atom. The first kappa shape index (κ1) is 17.8. The zero-order valence-electron chi connectivity index (χ0n) is 13.1. The molecule has 0 heterocycles. The molecule has 1 aliphatic carbocycles. The number of nitrogens with zero attached hydrogens (tertiary/aromatic N) is 1. The van der Waals surface area contributed by atoms with Gasteiger partial charge >= 0.3 is 6.18 Å². The van der Waals surface area contributed by atoms with Crippen molar-refractivity contribution in [3.63, 3.8) is 0 Å². The summed E-state index contributed by atoms with van der Waals surface area (Å²) >= 11 is 0. The molecule has 2 rings (SSSR count). The molecule has 1 fully saturated rings. The van der Waals surface area contributed by atoms with Crippen LogP contribution in [0.2, 0.25) is 0 Å². The molecule has 0 bridgehead atoms. The van der Waals surface area contributed by atoms with Gasteiger partial charge in [0.2, 0.25) is 0 Å². The second-order valence-electron chi connectivity index (χ2n) is 5.96. The van der Waals surface area contributed by atoms with Crippen LogP contribution in [-0.4, -0.2) is 44.2 Å². The average Bonchev–Trinajstić information content (AvgIpc) is 3.20. The SMILES string of the molecule is Cc1cc(S(C)(=O)=O)cc(C(=O)N(CC(F)(F)F)C2CC2)c1C. The lowest BCUT2D eigenvalue weighted by molar-refractivity contribution is -0.141. The number of aryl methyl sites for hydroxylation is 1. The fourth-order valence-corrected chi connectivity index (χ4v) is 3.09. The van der Waals surface area contributed by atoms with E-state index < -0.39 is 34.5 Å². The zero-order chi connectivity index (χ0) is 17.6. The van der Waals surface area contributed by atoms with Gasteiger partial charge in [-0.2, -0.15) is 13.2 Å². The lowest BCUT2D eigenvalue weighted by Gasteiger charge is -2.25. The normalized spacial score (nSPS) is 15.6. The number of amides is 1. The van der Waals surface area contributed by atoms with Gasteiger partial charge in [0.05, 0.1) is 4.90 Å². The molecule has 0 atom stereocenters. The van der Waals surface area contributed by atoms with Gasteiger partial charge in [0.25, 0.3) is 5.91 Å². The van der Waals surface area contributed by atoms with Crippen molar-refractivity contribution in [2.75, 3.05) is 12.8 Å². The molecule has 1 amide bonds. The summed E-state index contributed by atoms with van der Waals surface area (Å²) in [6, 6.07) is 2.17. The van der Waals surface area contributed by atoms with Gasteiger partial charge in [-0.15, -0.1) is 0 Å². The second kappa shape index (κ2) is 5.81. The molecule has 23 heavy (non-hydrogen) atoms. The summed E-state index contributed by atoms with van der Waals surface area (Å²) in [5.74, 6) is -0.768. The highest BCUT2D eigenvalue weighted by Crippen LogP contribution is 2.32. The van der Waals surface area contributed by atoms with Gasteiger partial charge < -0.3 is 4.90 Å². The van der Waals surface area contributed by atoms with Crippen LogP contribution in [0.15, 0.2) is 17.0 Å². The maximum Gasteiger partial charge on any atom is 0.406 e. The van der Waals surface area contributed by atoms with Crippen LogP contribution in [0, 0.1) is 13.8 Å². The number of hydrogen-bond acceptors (Lipinski definition) is 3. The third kappa shape index (κ3) is 4.25. The molecule has 128 valence electrons. The van der Waals surface area contributed by atoms with E-state index in [0.29, 0.717) is 24.0 Å². The third-order valence-electron chi connectivity index (χ3n) is 3.90. The fourth-order valence-electron chi connectivity index (χ4n) is 2.36. The molecule has 1 aromatic carbocycles. The Balaban J connectivity index is 2.46. The van der Waals surface area contributed by atoms with Crippen molar-refractivity contribution in [2.24, 2.45) is 0 Å². The molecule has 0 unspecified atom stereocenters. The zero-order valence-corrected chi connectivity index (χ0v) is 13.9. The van der Waals surface area contributed by atoms with E-state index >= 15 is 0 Å². The Labute approximate surface area is 133 Å². The van der Waals surface area contributed by atoms with Crippen LogP contribution in [0.3, 0.4) is 0 Å². The fraction of sp³-hybridized carbons (Fsp3) is 0.533. The number of alkyl halides is 3. The number of halogens is 3. The largest absolute Gasteiger partial charge is 0.406 e. The number of carbonyl (C=O) groups excluding carboxylic acids is 1. The smallest absolute Gasteiger partial charge is 0.327 e. The first-order valence-electron chi connectivity index (χ1n) is 7.09. The van der Waals surface area contributed by atoms with Crippen LogP contribution in [0.5, 0.6) is 0 Å². The molecular weight excluding hydrogens is 331 g/mol. The maximum absolute atomic E-state index is 12.7. The lowest BCUT2D eigenvalue weighted by Crippen LogP contribution is -2.40. The first-order chi connectivity index (χ1) is 10.4. The van der Waals surface area contributed by atoms with Crippen LogP contribution in [0.25, 0.3) is 0 Å². The molecule has 0 aliphatic heterocycles. The van der Waals surface area contributed by atoms with Gasteiger partial charge in [-0.3, -0.25) is 4.79 Å².